The molecule has 0 saturated carbocycles. The average molecular weight is 261 g/mol. The third kappa shape index (κ3) is 3.69. The number of pyridine rings is 1. The van der Waals surface area contributed by atoms with Gasteiger partial charge in [0, 0.05) is 31.4 Å². The number of carbonyl (C=O) groups excluding carboxylic acids is 1. The van der Waals surface area contributed by atoms with Gasteiger partial charge < -0.3 is 10.2 Å². The van der Waals surface area contributed by atoms with E-state index in [2.05, 4.69) is 24.1 Å². The topological polar surface area (TPSA) is 45.2 Å². The third-order valence-corrected chi connectivity index (χ3v) is 3.63. The Balaban J connectivity index is 2.02. The van der Waals surface area contributed by atoms with Crippen molar-refractivity contribution in [3.8, 4) is 0 Å². The van der Waals surface area contributed by atoms with Crippen LogP contribution in [-0.4, -0.2) is 35.4 Å². The van der Waals surface area contributed by atoms with Gasteiger partial charge in [0.2, 0.25) is 0 Å². The molecule has 0 aromatic carbocycles. The number of rotatable bonds is 4. The highest BCUT2D eigenvalue weighted by molar-refractivity contribution is 5.94. The van der Waals surface area contributed by atoms with E-state index >= 15 is 0 Å². The van der Waals surface area contributed by atoms with Crippen LogP contribution in [0.4, 0.5) is 5.82 Å². The van der Waals surface area contributed by atoms with Crippen LogP contribution in [0, 0.1) is 5.92 Å². The van der Waals surface area contributed by atoms with Crippen molar-refractivity contribution in [2.75, 3.05) is 25.0 Å². The van der Waals surface area contributed by atoms with E-state index in [-0.39, 0.29) is 5.91 Å². The molecule has 1 aromatic rings. The predicted octanol–water partition coefficient (Wildman–Crippen LogP) is 2.78. The molecule has 1 aliphatic heterocycles. The minimum absolute atomic E-state index is 0.133. The summed E-state index contributed by atoms with van der Waals surface area (Å²) >= 11 is 0. The summed E-state index contributed by atoms with van der Waals surface area (Å²) in [5.74, 6) is 1.66. The number of carbonyl (C=O) groups is 1. The zero-order chi connectivity index (χ0) is 13.7. The lowest BCUT2D eigenvalue weighted by atomic mass is 9.99. The summed E-state index contributed by atoms with van der Waals surface area (Å²) in [5.41, 5.74) is 0.739. The normalized spacial score (nSPS) is 16.4. The molecule has 19 heavy (non-hydrogen) atoms. The first-order valence-electron chi connectivity index (χ1n) is 7.20. The van der Waals surface area contributed by atoms with E-state index in [1.165, 1.54) is 0 Å². The quantitative estimate of drug-likeness (QED) is 0.906. The zero-order valence-electron chi connectivity index (χ0n) is 11.9. The molecule has 1 aliphatic rings. The van der Waals surface area contributed by atoms with Crippen molar-refractivity contribution in [3.05, 3.63) is 23.9 Å². The van der Waals surface area contributed by atoms with E-state index in [1.54, 1.807) is 12.3 Å². The van der Waals surface area contributed by atoms with Gasteiger partial charge in [0.15, 0.2) is 0 Å². The van der Waals surface area contributed by atoms with Crippen LogP contribution in [0.15, 0.2) is 18.3 Å². The zero-order valence-corrected chi connectivity index (χ0v) is 11.9. The maximum atomic E-state index is 12.4. The van der Waals surface area contributed by atoms with Crippen molar-refractivity contribution < 1.29 is 4.79 Å². The highest BCUT2D eigenvalue weighted by Gasteiger charge is 2.21. The van der Waals surface area contributed by atoms with E-state index < -0.39 is 0 Å². The number of nitrogens with one attached hydrogen (secondary N) is 1. The van der Waals surface area contributed by atoms with Crippen LogP contribution >= 0.6 is 0 Å². The van der Waals surface area contributed by atoms with Crippen LogP contribution in [-0.2, 0) is 0 Å². The second-order valence-electron chi connectivity index (χ2n) is 5.33. The van der Waals surface area contributed by atoms with E-state index in [0.717, 1.165) is 56.2 Å². The van der Waals surface area contributed by atoms with Gasteiger partial charge in [-0.1, -0.05) is 13.8 Å². The lowest BCUT2D eigenvalue weighted by Gasteiger charge is -2.30. The van der Waals surface area contributed by atoms with Crippen LogP contribution in [0.25, 0.3) is 0 Å². The first kappa shape index (κ1) is 13.8. The van der Waals surface area contributed by atoms with Crippen molar-refractivity contribution in [2.24, 2.45) is 5.92 Å². The molecule has 1 fully saturated rings. The van der Waals surface area contributed by atoms with Crippen LogP contribution < -0.4 is 5.32 Å². The minimum atomic E-state index is 0.133. The SMILES string of the molecule is CCCNc1cc(C(=O)N2CCC(C)CC2)ccn1. The largest absolute Gasteiger partial charge is 0.370 e. The molecule has 0 spiro atoms. The van der Waals surface area contributed by atoms with Gasteiger partial charge in [0.25, 0.3) is 5.91 Å². The summed E-state index contributed by atoms with van der Waals surface area (Å²) in [6.45, 7) is 6.99. The van der Waals surface area contributed by atoms with Gasteiger partial charge in [0.05, 0.1) is 0 Å². The number of anilines is 1. The van der Waals surface area contributed by atoms with E-state index in [4.69, 9.17) is 0 Å². The molecule has 0 unspecified atom stereocenters. The Labute approximate surface area is 115 Å². The Morgan fingerprint density at radius 1 is 1.47 bits per heavy atom. The molecule has 1 aromatic heterocycles. The fourth-order valence-electron chi connectivity index (χ4n) is 2.31. The summed E-state index contributed by atoms with van der Waals surface area (Å²) in [4.78, 5) is 18.6. The van der Waals surface area contributed by atoms with Crippen LogP contribution in [0.3, 0.4) is 0 Å². The van der Waals surface area contributed by atoms with Gasteiger partial charge in [-0.2, -0.15) is 0 Å². The molecule has 1 saturated heterocycles. The summed E-state index contributed by atoms with van der Waals surface area (Å²) in [6, 6.07) is 3.66. The highest BCUT2D eigenvalue weighted by atomic mass is 16.2. The Morgan fingerprint density at radius 3 is 2.89 bits per heavy atom. The molecular weight excluding hydrogens is 238 g/mol. The second kappa shape index (κ2) is 6.55. The number of aromatic nitrogens is 1. The van der Waals surface area contributed by atoms with Crippen molar-refractivity contribution >= 4 is 11.7 Å². The van der Waals surface area contributed by atoms with E-state index in [0.29, 0.717) is 0 Å². The van der Waals surface area contributed by atoms with Gasteiger partial charge in [-0.3, -0.25) is 4.79 Å². The average Bonchev–Trinajstić information content (AvgIpc) is 2.45. The van der Waals surface area contributed by atoms with Gasteiger partial charge >= 0.3 is 0 Å². The highest BCUT2D eigenvalue weighted by Crippen LogP contribution is 2.18. The molecule has 1 N–H and O–H groups in total. The standard InChI is InChI=1S/C15H23N3O/c1-3-7-16-14-11-13(4-8-17-14)15(19)18-9-5-12(2)6-10-18/h4,8,11-12H,3,5-7,9-10H2,1-2H3,(H,16,17). The van der Waals surface area contributed by atoms with Crippen molar-refractivity contribution in [2.45, 2.75) is 33.1 Å². The van der Waals surface area contributed by atoms with Gasteiger partial charge in [-0.15, -0.1) is 0 Å². The second-order valence-corrected chi connectivity index (χ2v) is 5.33. The van der Waals surface area contributed by atoms with Gasteiger partial charge in [-0.25, -0.2) is 4.98 Å². The Hall–Kier alpha value is -1.58. The number of hydrogen-bond acceptors (Lipinski definition) is 3. The maximum absolute atomic E-state index is 12.4. The monoisotopic (exact) mass is 261 g/mol. The first-order valence-corrected chi connectivity index (χ1v) is 7.20. The van der Waals surface area contributed by atoms with Crippen LogP contribution in [0.1, 0.15) is 43.5 Å². The minimum Gasteiger partial charge on any atom is -0.370 e. The summed E-state index contributed by atoms with van der Waals surface area (Å²) < 4.78 is 0. The number of amides is 1. The lowest BCUT2D eigenvalue weighted by Crippen LogP contribution is -2.37. The fourth-order valence-corrected chi connectivity index (χ4v) is 2.31. The maximum Gasteiger partial charge on any atom is 0.254 e. The lowest BCUT2D eigenvalue weighted by molar-refractivity contribution is 0.0697. The Bertz CT molecular complexity index is 425. The molecular formula is C15H23N3O. The number of hydrogen-bond donors (Lipinski definition) is 1. The summed E-state index contributed by atoms with van der Waals surface area (Å²) in [6.07, 6.45) is 4.97. The molecule has 4 heteroatoms. The van der Waals surface area contributed by atoms with E-state index in [1.807, 2.05) is 11.0 Å². The van der Waals surface area contributed by atoms with Gasteiger partial charge in [-0.05, 0) is 37.3 Å². The molecule has 2 heterocycles. The molecule has 0 radical (unpaired) electrons. The van der Waals surface area contributed by atoms with Crippen molar-refractivity contribution in [1.82, 2.24) is 9.88 Å². The smallest absolute Gasteiger partial charge is 0.254 e. The molecule has 4 nitrogen and oxygen atoms in total. The number of likely N-dealkylation sites (tertiary alicyclic amines) is 1. The molecule has 2 rings (SSSR count). The fraction of sp³-hybridized carbons (Fsp3) is 0.600. The predicted molar refractivity (Wildman–Crippen MR) is 77.3 cm³/mol. The van der Waals surface area contributed by atoms with Crippen LogP contribution in [0.2, 0.25) is 0 Å². The first-order chi connectivity index (χ1) is 9.20. The van der Waals surface area contributed by atoms with E-state index in [9.17, 15) is 4.79 Å². The molecule has 0 bridgehead atoms. The van der Waals surface area contributed by atoms with Crippen molar-refractivity contribution in [3.63, 3.8) is 0 Å². The molecule has 1 amide bonds. The Morgan fingerprint density at radius 2 is 2.21 bits per heavy atom. The summed E-state index contributed by atoms with van der Waals surface area (Å²) in [7, 11) is 0. The Kier molecular flexibility index (Phi) is 4.77. The number of nitrogens with zero attached hydrogens (tertiary/aromatic N) is 2. The third-order valence-electron chi connectivity index (χ3n) is 3.63. The molecule has 0 atom stereocenters. The van der Waals surface area contributed by atoms with Gasteiger partial charge in [0.1, 0.15) is 5.82 Å². The van der Waals surface area contributed by atoms with Crippen molar-refractivity contribution in [1.29, 1.82) is 0 Å². The number of piperidine rings is 1. The summed E-state index contributed by atoms with van der Waals surface area (Å²) in [5, 5.41) is 3.22. The molecule has 0 aliphatic carbocycles. The van der Waals surface area contributed by atoms with Crippen LogP contribution in [0.5, 0.6) is 0 Å². The molecule has 104 valence electrons.